The molecule has 0 atom stereocenters. The minimum absolute atomic E-state index is 0.0622. The molecule has 2 N–H and O–H groups in total. The molecular weight excluding hydrogens is 204 g/mol. The van der Waals surface area contributed by atoms with E-state index in [-0.39, 0.29) is 17.4 Å². The number of carbonyl (C=O) groups is 2. The van der Waals surface area contributed by atoms with Gasteiger partial charge < -0.3 is 10.6 Å². The van der Waals surface area contributed by atoms with E-state index >= 15 is 0 Å². The second-order valence-electron chi connectivity index (χ2n) is 4.98. The van der Waals surface area contributed by atoms with Crippen LogP contribution in [0.15, 0.2) is 11.8 Å². The fourth-order valence-corrected chi connectivity index (χ4v) is 2.43. The van der Waals surface area contributed by atoms with Crippen LogP contribution in [0.3, 0.4) is 0 Å². The van der Waals surface area contributed by atoms with Crippen LogP contribution in [-0.2, 0) is 4.79 Å². The largest absolute Gasteiger partial charge is 0.333 e. The van der Waals surface area contributed by atoms with Gasteiger partial charge in [0.25, 0.3) is 0 Å². The molecule has 0 aromatic rings. The molecule has 2 rings (SSSR count). The third-order valence-electron chi connectivity index (χ3n) is 3.37. The quantitative estimate of drug-likeness (QED) is 0.749. The molecule has 0 aliphatic heterocycles. The standard InChI is InChI=1S/C12H18N2O2/c1-12(6-2-3-7-12)14-11(16)13-9-4-5-10(15)8-9/h8H,2-7H2,1H3,(H2,13,14,16). The van der Waals surface area contributed by atoms with Gasteiger partial charge in [-0.15, -0.1) is 0 Å². The van der Waals surface area contributed by atoms with E-state index in [1.807, 2.05) is 0 Å². The van der Waals surface area contributed by atoms with Crippen LogP contribution in [0.5, 0.6) is 0 Å². The minimum atomic E-state index is -0.176. The van der Waals surface area contributed by atoms with Crippen molar-refractivity contribution in [1.29, 1.82) is 0 Å². The number of urea groups is 1. The maximum Gasteiger partial charge on any atom is 0.319 e. The van der Waals surface area contributed by atoms with Gasteiger partial charge in [0, 0.05) is 23.7 Å². The monoisotopic (exact) mass is 222 g/mol. The van der Waals surface area contributed by atoms with Crippen molar-refractivity contribution in [2.24, 2.45) is 0 Å². The molecule has 0 heterocycles. The van der Waals surface area contributed by atoms with Crippen molar-refractivity contribution in [1.82, 2.24) is 10.6 Å². The zero-order chi connectivity index (χ0) is 11.6. The SMILES string of the molecule is CC1(NC(=O)NC2=CC(=O)CC2)CCCC1. The number of hydrogen-bond donors (Lipinski definition) is 2. The number of hydrogen-bond acceptors (Lipinski definition) is 2. The van der Waals surface area contributed by atoms with E-state index in [9.17, 15) is 9.59 Å². The van der Waals surface area contributed by atoms with Crippen LogP contribution >= 0.6 is 0 Å². The average molecular weight is 222 g/mol. The number of carbonyl (C=O) groups excluding carboxylic acids is 2. The molecule has 0 bridgehead atoms. The minimum Gasteiger partial charge on any atom is -0.333 e. The molecule has 1 fully saturated rings. The Hall–Kier alpha value is -1.32. The van der Waals surface area contributed by atoms with Gasteiger partial charge in [0.15, 0.2) is 5.78 Å². The molecule has 1 saturated carbocycles. The molecule has 2 aliphatic rings. The topological polar surface area (TPSA) is 58.2 Å². The van der Waals surface area contributed by atoms with Crippen LogP contribution in [0.25, 0.3) is 0 Å². The van der Waals surface area contributed by atoms with Gasteiger partial charge >= 0.3 is 6.03 Å². The summed E-state index contributed by atoms with van der Waals surface area (Å²) in [7, 11) is 0. The van der Waals surface area contributed by atoms with Crippen LogP contribution in [-0.4, -0.2) is 17.4 Å². The summed E-state index contributed by atoms with van der Waals surface area (Å²) < 4.78 is 0. The fraction of sp³-hybridized carbons (Fsp3) is 0.667. The average Bonchev–Trinajstić information content (AvgIpc) is 2.75. The Morgan fingerprint density at radius 1 is 1.31 bits per heavy atom. The van der Waals surface area contributed by atoms with Crippen LogP contribution in [0.1, 0.15) is 45.4 Å². The van der Waals surface area contributed by atoms with Crippen LogP contribution < -0.4 is 10.6 Å². The lowest BCUT2D eigenvalue weighted by Gasteiger charge is -2.25. The molecule has 0 spiro atoms. The number of allylic oxidation sites excluding steroid dienone is 2. The third kappa shape index (κ3) is 2.62. The van der Waals surface area contributed by atoms with Crippen LogP contribution in [0.2, 0.25) is 0 Å². The number of rotatable bonds is 2. The Labute approximate surface area is 95.5 Å². The van der Waals surface area contributed by atoms with Crippen LogP contribution in [0, 0.1) is 0 Å². The van der Waals surface area contributed by atoms with Gasteiger partial charge in [0.2, 0.25) is 0 Å². The number of amides is 2. The smallest absolute Gasteiger partial charge is 0.319 e. The highest BCUT2D eigenvalue weighted by Crippen LogP contribution is 2.28. The Morgan fingerprint density at radius 3 is 2.56 bits per heavy atom. The first-order valence-electron chi connectivity index (χ1n) is 5.90. The van der Waals surface area contributed by atoms with Crippen molar-refractivity contribution < 1.29 is 9.59 Å². The Kier molecular flexibility index (Phi) is 2.99. The van der Waals surface area contributed by atoms with Crippen LogP contribution in [0.4, 0.5) is 4.79 Å². The molecule has 4 heteroatoms. The second kappa shape index (κ2) is 4.28. The van der Waals surface area contributed by atoms with E-state index < -0.39 is 0 Å². The van der Waals surface area contributed by atoms with Crippen molar-refractivity contribution in [3.05, 3.63) is 11.8 Å². The first kappa shape index (κ1) is 11.2. The predicted molar refractivity (Wildman–Crippen MR) is 60.9 cm³/mol. The molecule has 16 heavy (non-hydrogen) atoms. The summed E-state index contributed by atoms with van der Waals surface area (Å²) in [6.45, 7) is 2.08. The van der Waals surface area contributed by atoms with E-state index in [4.69, 9.17) is 0 Å². The summed E-state index contributed by atoms with van der Waals surface area (Å²) in [4.78, 5) is 22.7. The zero-order valence-corrected chi connectivity index (χ0v) is 9.64. The van der Waals surface area contributed by atoms with Crippen molar-refractivity contribution in [2.45, 2.75) is 51.0 Å². The molecule has 88 valence electrons. The van der Waals surface area contributed by atoms with Gasteiger partial charge in [-0.2, -0.15) is 0 Å². The molecule has 0 aromatic heterocycles. The van der Waals surface area contributed by atoms with Gasteiger partial charge in [-0.25, -0.2) is 4.79 Å². The first-order chi connectivity index (χ1) is 7.57. The highest BCUT2D eigenvalue weighted by atomic mass is 16.2. The molecular formula is C12H18N2O2. The normalized spacial score (nSPS) is 23.1. The fourth-order valence-electron chi connectivity index (χ4n) is 2.43. The molecule has 0 saturated heterocycles. The summed E-state index contributed by atoms with van der Waals surface area (Å²) in [6.07, 6.45) is 7.14. The highest BCUT2D eigenvalue weighted by Gasteiger charge is 2.30. The third-order valence-corrected chi connectivity index (χ3v) is 3.37. The summed E-state index contributed by atoms with van der Waals surface area (Å²) >= 11 is 0. The highest BCUT2D eigenvalue weighted by molar-refractivity contribution is 5.94. The molecule has 2 amide bonds. The lowest BCUT2D eigenvalue weighted by atomic mass is 10.0. The second-order valence-corrected chi connectivity index (χ2v) is 4.98. The van der Waals surface area contributed by atoms with Gasteiger partial charge in [-0.3, -0.25) is 4.79 Å². The Balaban J connectivity index is 1.84. The molecule has 0 aromatic carbocycles. The van der Waals surface area contributed by atoms with E-state index in [2.05, 4.69) is 17.6 Å². The summed E-state index contributed by atoms with van der Waals surface area (Å²) in [6, 6.07) is -0.176. The van der Waals surface area contributed by atoms with E-state index in [1.165, 1.54) is 18.9 Å². The van der Waals surface area contributed by atoms with E-state index in [0.29, 0.717) is 12.8 Å². The van der Waals surface area contributed by atoms with Crippen molar-refractivity contribution in [2.75, 3.05) is 0 Å². The Bertz CT molecular complexity index is 341. The van der Waals surface area contributed by atoms with Gasteiger partial charge in [-0.05, 0) is 26.2 Å². The van der Waals surface area contributed by atoms with Crippen molar-refractivity contribution >= 4 is 11.8 Å². The number of ketones is 1. The molecule has 2 aliphatic carbocycles. The maximum atomic E-state index is 11.7. The summed E-state index contributed by atoms with van der Waals surface area (Å²) in [5, 5.41) is 5.75. The first-order valence-corrected chi connectivity index (χ1v) is 5.90. The van der Waals surface area contributed by atoms with Crippen molar-refractivity contribution in [3.63, 3.8) is 0 Å². The Morgan fingerprint density at radius 2 is 2.00 bits per heavy atom. The molecule has 0 unspecified atom stereocenters. The maximum absolute atomic E-state index is 11.7. The lowest BCUT2D eigenvalue weighted by molar-refractivity contribution is -0.114. The molecule has 0 radical (unpaired) electrons. The van der Waals surface area contributed by atoms with E-state index in [0.717, 1.165) is 18.5 Å². The van der Waals surface area contributed by atoms with E-state index in [1.54, 1.807) is 0 Å². The van der Waals surface area contributed by atoms with Gasteiger partial charge in [0.05, 0.1) is 0 Å². The number of nitrogens with one attached hydrogen (secondary N) is 2. The summed E-state index contributed by atoms with van der Waals surface area (Å²) in [5.74, 6) is 0.0994. The summed E-state index contributed by atoms with van der Waals surface area (Å²) in [5.41, 5.74) is 0.678. The zero-order valence-electron chi connectivity index (χ0n) is 9.64. The molecule has 4 nitrogen and oxygen atoms in total. The van der Waals surface area contributed by atoms with Crippen molar-refractivity contribution in [3.8, 4) is 0 Å². The van der Waals surface area contributed by atoms with Gasteiger partial charge in [-0.1, -0.05) is 12.8 Å². The predicted octanol–water partition coefficient (Wildman–Crippen LogP) is 1.87. The lowest BCUT2D eigenvalue weighted by Crippen LogP contribution is -2.48. The van der Waals surface area contributed by atoms with Gasteiger partial charge in [0.1, 0.15) is 0 Å².